The maximum Gasteiger partial charge on any atom is 0.334 e. The highest BCUT2D eigenvalue weighted by Gasteiger charge is 2.32. The first kappa shape index (κ1) is 17.4. The molecular weight excluding hydrogens is 288 g/mol. The Hall–Kier alpha value is -2.63. The minimum absolute atomic E-state index is 0.0333. The van der Waals surface area contributed by atoms with E-state index in [4.69, 9.17) is 4.74 Å². The van der Waals surface area contributed by atoms with E-state index in [1.807, 2.05) is 6.07 Å². The third kappa shape index (κ3) is 4.73. The van der Waals surface area contributed by atoms with Crippen molar-refractivity contribution in [3.8, 4) is 0 Å². The van der Waals surface area contributed by atoms with Gasteiger partial charge in [0.05, 0.1) is 39.2 Å². The van der Waals surface area contributed by atoms with Gasteiger partial charge >= 0.3 is 17.9 Å². The lowest BCUT2D eigenvalue weighted by Crippen LogP contribution is -2.26. The monoisotopic (exact) mass is 306 g/mol. The Morgan fingerprint density at radius 1 is 1.00 bits per heavy atom. The van der Waals surface area contributed by atoms with Gasteiger partial charge in [-0.1, -0.05) is 30.3 Å². The molecule has 0 aliphatic heterocycles. The summed E-state index contributed by atoms with van der Waals surface area (Å²) in [7, 11) is 3.59. The van der Waals surface area contributed by atoms with E-state index in [-0.39, 0.29) is 12.0 Å². The van der Waals surface area contributed by atoms with Crippen LogP contribution in [0.15, 0.2) is 35.9 Å². The Morgan fingerprint density at radius 2 is 1.64 bits per heavy atom. The fourth-order valence-corrected chi connectivity index (χ4v) is 1.86. The first-order valence-electron chi connectivity index (χ1n) is 6.53. The number of carbonyl (C=O) groups is 3. The van der Waals surface area contributed by atoms with E-state index in [2.05, 4.69) is 9.47 Å². The van der Waals surface area contributed by atoms with Crippen molar-refractivity contribution in [1.29, 1.82) is 0 Å². The fraction of sp³-hybridized carbons (Fsp3) is 0.312. The van der Waals surface area contributed by atoms with E-state index < -0.39 is 23.8 Å². The van der Waals surface area contributed by atoms with Crippen LogP contribution in [-0.2, 0) is 28.6 Å². The Labute approximate surface area is 128 Å². The highest BCUT2D eigenvalue weighted by atomic mass is 16.5. The quantitative estimate of drug-likeness (QED) is 0.451. The van der Waals surface area contributed by atoms with Crippen molar-refractivity contribution in [2.45, 2.75) is 6.42 Å². The Balaban J connectivity index is 3.25. The maximum absolute atomic E-state index is 12.0. The van der Waals surface area contributed by atoms with Crippen LogP contribution < -0.4 is 0 Å². The topological polar surface area (TPSA) is 78.9 Å². The summed E-state index contributed by atoms with van der Waals surface area (Å²) < 4.78 is 13.9. The smallest absolute Gasteiger partial charge is 0.334 e. The summed E-state index contributed by atoms with van der Waals surface area (Å²) in [5.41, 5.74) is 0.729. The van der Waals surface area contributed by atoms with Crippen molar-refractivity contribution >= 4 is 24.0 Å². The lowest BCUT2D eigenvalue weighted by atomic mass is 9.93. The van der Waals surface area contributed by atoms with Crippen molar-refractivity contribution in [3.05, 3.63) is 41.5 Å². The Kier molecular flexibility index (Phi) is 6.82. The SMILES string of the molecule is COC(=O)CC(C(=O)OC)/C(=C\c1ccccc1)C(=O)OC. The zero-order valence-electron chi connectivity index (χ0n) is 12.7. The van der Waals surface area contributed by atoms with E-state index in [0.717, 1.165) is 0 Å². The molecule has 0 spiro atoms. The third-order valence-electron chi connectivity index (χ3n) is 3.00. The summed E-state index contributed by atoms with van der Waals surface area (Å²) in [6.45, 7) is 0. The average Bonchev–Trinajstić information content (AvgIpc) is 2.57. The second-order valence-electron chi connectivity index (χ2n) is 4.36. The molecule has 6 heteroatoms. The van der Waals surface area contributed by atoms with Crippen LogP contribution >= 0.6 is 0 Å². The molecule has 6 nitrogen and oxygen atoms in total. The summed E-state index contributed by atoms with van der Waals surface area (Å²) in [6.07, 6.45) is 1.19. The van der Waals surface area contributed by atoms with Crippen LogP contribution in [0.5, 0.6) is 0 Å². The Morgan fingerprint density at radius 3 is 2.14 bits per heavy atom. The van der Waals surface area contributed by atoms with Crippen molar-refractivity contribution in [3.63, 3.8) is 0 Å². The Bertz CT molecular complexity index is 561. The zero-order valence-corrected chi connectivity index (χ0v) is 12.7. The number of hydrogen-bond donors (Lipinski definition) is 0. The van der Waals surface area contributed by atoms with Crippen molar-refractivity contribution in [2.75, 3.05) is 21.3 Å². The molecule has 0 saturated heterocycles. The number of carbonyl (C=O) groups excluding carboxylic acids is 3. The van der Waals surface area contributed by atoms with Gasteiger partial charge in [0, 0.05) is 0 Å². The second kappa shape index (κ2) is 8.61. The molecule has 0 bridgehead atoms. The van der Waals surface area contributed by atoms with Crippen LogP contribution in [0.3, 0.4) is 0 Å². The number of esters is 3. The molecule has 118 valence electrons. The summed E-state index contributed by atoms with van der Waals surface area (Å²) in [4.78, 5) is 35.4. The molecule has 0 aliphatic rings. The zero-order chi connectivity index (χ0) is 16.5. The van der Waals surface area contributed by atoms with Crippen molar-refractivity contribution < 1.29 is 28.6 Å². The van der Waals surface area contributed by atoms with Crippen molar-refractivity contribution in [2.24, 2.45) is 5.92 Å². The fourth-order valence-electron chi connectivity index (χ4n) is 1.86. The normalized spacial score (nSPS) is 12.2. The van der Waals surface area contributed by atoms with E-state index >= 15 is 0 Å². The molecule has 1 unspecified atom stereocenters. The highest BCUT2D eigenvalue weighted by Crippen LogP contribution is 2.22. The van der Waals surface area contributed by atoms with Crippen molar-refractivity contribution in [1.82, 2.24) is 0 Å². The van der Waals surface area contributed by atoms with E-state index in [0.29, 0.717) is 5.56 Å². The summed E-state index contributed by atoms with van der Waals surface area (Å²) in [5, 5.41) is 0. The molecule has 0 radical (unpaired) electrons. The number of ether oxygens (including phenoxy) is 3. The molecule has 0 aromatic heterocycles. The van der Waals surface area contributed by atoms with Gasteiger partial charge in [-0.05, 0) is 11.6 Å². The van der Waals surface area contributed by atoms with Crippen LogP contribution in [0, 0.1) is 5.92 Å². The van der Waals surface area contributed by atoms with E-state index in [9.17, 15) is 14.4 Å². The first-order valence-corrected chi connectivity index (χ1v) is 6.53. The van der Waals surface area contributed by atoms with Gasteiger partial charge in [0.25, 0.3) is 0 Å². The van der Waals surface area contributed by atoms with Crippen LogP contribution in [0.4, 0.5) is 0 Å². The largest absolute Gasteiger partial charge is 0.469 e. The summed E-state index contributed by atoms with van der Waals surface area (Å²) in [6, 6.07) is 8.91. The van der Waals surface area contributed by atoms with Gasteiger partial charge in [0.1, 0.15) is 0 Å². The maximum atomic E-state index is 12.0. The average molecular weight is 306 g/mol. The van der Waals surface area contributed by atoms with E-state index in [1.165, 1.54) is 27.4 Å². The molecule has 1 aromatic rings. The van der Waals surface area contributed by atoms with Gasteiger partial charge in [0.2, 0.25) is 0 Å². The van der Waals surface area contributed by atoms with Gasteiger partial charge in [-0.2, -0.15) is 0 Å². The molecule has 0 fully saturated rings. The molecule has 0 saturated carbocycles. The highest BCUT2D eigenvalue weighted by molar-refractivity contribution is 6.01. The van der Waals surface area contributed by atoms with Crippen LogP contribution in [-0.4, -0.2) is 39.2 Å². The molecule has 0 amide bonds. The molecule has 0 N–H and O–H groups in total. The molecule has 1 aromatic carbocycles. The molecule has 1 atom stereocenters. The molecule has 0 aliphatic carbocycles. The molecule has 1 rings (SSSR count). The number of methoxy groups -OCH3 is 3. The van der Waals surface area contributed by atoms with Gasteiger partial charge in [-0.25, -0.2) is 4.79 Å². The van der Waals surface area contributed by atoms with Crippen LogP contribution in [0.25, 0.3) is 6.08 Å². The van der Waals surface area contributed by atoms with Gasteiger partial charge in [-0.3, -0.25) is 9.59 Å². The summed E-state index contributed by atoms with van der Waals surface area (Å²) >= 11 is 0. The molecular formula is C16H18O6. The number of rotatable bonds is 6. The van der Waals surface area contributed by atoms with Crippen LogP contribution in [0.1, 0.15) is 12.0 Å². The van der Waals surface area contributed by atoms with Gasteiger partial charge < -0.3 is 14.2 Å². The first-order chi connectivity index (χ1) is 10.5. The molecule has 0 heterocycles. The third-order valence-corrected chi connectivity index (χ3v) is 3.00. The molecule has 22 heavy (non-hydrogen) atoms. The lowest BCUT2D eigenvalue weighted by molar-refractivity contribution is -0.152. The number of benzene rings is 1. The standard InChI is InChI=1S/C16H18O6/c1-20-14(17)10-13(16(19)22-3)12(15(18)21-2)9-11-7-5-4-6-8-11/h4-9,13H,10H2,1-3H3/b12-9+. The predicted octanol–water partition coefficient (Wildman–Crippen LogP) is 1.60. The lowest BCUT2D eigenvalue weighted by Gasteiger charge is -2.16. The minimum atomic E-state index is -1.09. The van der Waals surface area contributed by atoms with Gasteiger partial charge in [0.15, 0.2) is 0 Å². The van der Waals surface area contributed by atoms with E-state index in [1.54, 1.807) is 24.3 Å². The number of hydrogen-bond acceptors (Lipinski definition) is 6. The minimum Gasteiger partial charge on any atom is -0.469 e. The van der Waals surface area contributed by atoms with Gasteiger partial charge in [-0.15, -0.1) is 0 Å². The van der Waals surface area contributed by atoms with Crippen LogP contribution in [0.2, 0.25) is 0 Å². The summed E-state index contributed by atoms with van der Waals surface area (Å²) in [5.74, 6) is -3.13. The predicted molar refractivity (Wildman–Crippen MR) is 78.6 cm³/mol. The second-order valence-corrected chi connectivity index (χ2v) is 4.36.